The Hall–Kier alpha value is -3.35. The Kier molecular flexibility index (Phi) is 4.15. The van der Waals surface area contributed by atoms with Crippen molar-refractivity contribution in [3.05, 3.63) is 54.5 Å². The number of nitrogens with zero attached hydrogens (tertiary/aromatic N) is 2. The van der Waals surface area contributed by atoms with Gasteiger partial charge in [0.25, 0.3) is 0 Å². The topological polar surface area (TPSA) is 93.3 Å². The van der Waals surface area contributed by atoms with Gasteiger partial charge in [0.05, 0.1) is 18.5 Å². The fourth-order valence-corrected chi connectivity index (χ4v) is 2.22. The normalized spacial score (nSPS) is 10.4. The number of phenolic OH excluding ortho intramolecular Hbond substituents is 1. The fraction of sp³-hybridized carbons (Fsp3) is 0.0588. The highest BCUT2D eigenvalue weighted by molar-refractivity contribution is 5.74. The van der Waals surface area contributed by atoms with E-state index in [1.54, 1.807) is 30.3 Å². The molecule has 7 heteroatoms. The molecule has 0 radical (unpaired) electrons. The van der Waals surface area contributed by atoms with Gasteiger partial charge in [0, 0.05) is 23.5 Å². The minimum atomic E-state index is -0.449. The molecule has 3 aromatic rings. The van der Waals surface area contributed by atoms with Gasteiger partial charge in [-0.2, -0.15) is 0 Å². The predicted octanol–water partition coefficient (Wildman–Crippen LogP) is 3.32. The smallest absolute Gasteiger partial charge is 0.220 e. The number of halogens is 1. The number of nitrogens with one attached hydrogen (secondary N) is 1. The largest absolute Gasteiger partial charge is 0.507 e. The second-order valence-corrected chi connectivity index (χ2v) is 5.00. The highest BCUT2D eigenvalue weighted by atomic mass is 19.1. The van der Waals surface area contributed by atoms with Crippen LogP contribution in [0.5, 0.6) is 11.5 Å². The number of rotatable bonds is 4. The van der Waals surface area contributed by atoms with Gasteiger partial charge >= 0.3 is 0 Å². The Bertz CT molecular complexity index is 886. The lowest BCUT2D eigenvalue weighted by atomic mass is 10.1. The summed E-state index contributed by atoms with van der Waals surface area (Å²) in [6.07, 6.45) is 1.50. The van der Waals surface area contributed by atoms with Gasteiger partial charge in [0.1, 0.15) is 17.3 Å². The molecule has 0 saturated carbocycles. The van der Waals surface area contributed by atoms with E-state index in [1.165, 1.54) is 25.4 Å². The number of hydrogen-bond donors (Lipinski definition) is 3. The van der Waals surface area contributed by atoms with Crippen molar-refractivity contribution in [2.75, 3.05) is 18.2 Å². The van der Waals surface area contributed by atoms with Crippen molar-refractivity contribution in [2.24, 2.45) is 0 Å². The summed E-state index contributed by atoms with van der Waals surface area (Å²) in [6, 6.07) is 10.9. The predicted molar refractivity (Wildman–Crippen MR) is 89.8 cm³/mol. The van der Waals surface area contributed by atoms with Crippen LogP contribution in [0, 0.1) is 5.82 Å². The van der Waals surface area contributed by atoms with E-state index in [4.69, 9.17) is 10.5 Å². The molecule has 0 atom stereocenters. The second-order valence-electron chi connectivity index (χ2n) is 5.00. The van der Waals surface area contributed by atoms with Crippen LogP contribution < -0.4 is 15.8 Å². The summed E-state index contributed by atoms with van der Waals surface area (Å²) in [7, 11) is 1.47. The molecule has 0 aliphatic rings. The maximum absolute atomic E-state index is 14.0. The van der Waals surface area contributed by atoms with Crippen molar-refractivity contribution >= 4 is 17.3 Å². The third kappa shape index (κ3) is 3.19. The molecule has 3 rings (SSSR count). The Balaban J connectivity index is 1.94. The van der Waals surface area contributed by atoms with Crippen LogP contribution in [0.1, 0.15) is 0 Å². The number of phenols is 1. The third-order valence-corrected chi connectivity index (χ3v) is 3.40. The molecule has 24 heavy (non-hydrogen) atoms. The molecule has 0 bridgehead atoms. The van der Waals surface area contributed by atoms with E-state index in [-0.39, 0.29) is 17.4 Å². The molecule has 0 aliphatic carbocycles. The van der Waals surface area contributed by atoms with Gasteiger partial charge < -0.3 is 20.9 Å². The van der Waals surface area contributed by atoms with Crippen LogP contribution in [0.4, 0.5) is 21.7 Å². The van der Waals surface area contributed by atoms with E-state index < -0.39 is 5.82 Å². The monoisotopic (exact) mass is 326 g/mol. The van der Waals surface area contributed by atoms with Crippen molar-refractivity contribution in [1.29, 1.82) is 0 Å². The van der Waals surface area contributed by atoms with Crippen LogP contribution in [0.15, 0.2) is 48.7 Å². The van der Waals surface area contributed by atoms with Gasteiger partial charge in [-0.05, 0) is 36.4 Å². The summed E-state index contributed by atoms with van der Waals surface area (Å²) < 4.78 is 19.0. The Labute approximate surface area is 137 Å². The fourth-order valence-electron chi connectivity index (χ4n) is 2.22. The molecule has 1 aromatic heterocycles. The maximum atomic E-state index is 14.0. The summed E-state index contributed by atoms with van der Waals surface area (Å²) >= 11 is 0. The standard InChI is InChI=1S/C17H15FN4O2/c1-24-11-3-4-15(13(18)9-11)21-10-2-5-16(23)12(8-10)14-6-7-20-17(19)22-14/h2-9,21,23H,1H3,(H2,19,20,22). The molecule has 4 N–H and O–H groups in total. The molecule has 6 nitrogen and oxygen atoms in total. The zero-order chi connectivity index (χ0) is 17.1. The number of aromatic hydroxyl groups is 1. The van der Waals surface area contributed by atoms with Crippen LogP contribution in [-0.2, 0) is 0 Å². The number of hydrogen-bond acceptors (Lipinski definition) is 6. The molecule has 0 unspecified atom stereocenters. The van der Waals surface area contributed by atoms with E-state index in [0.717, 1.165) is 0 Å². The van der Waals surface area contributed by atoms with Gasteiger partial charge in [0.2, 0.25) is 5.95 Å². The summed E-state index contributed by atoms with van der Waals surface area (Å²) in [4.78, 5) is 7.90. The van der Waals surface area contributed by atoms with E-state index >= 15 is 0 Å². The average molecular weight is 326 g/mol. The number of nitrogen functional groups attached to an aromatic ring is 1. The second kappa shape index (κ2) is 6.41. The first-order valence-electron chi connectivity index (χ1n) is 7.09. The van der Waals surface area contributed by atoms with Gasteiger partial charge in [-0.3, -0.25) is 0 Å². The summed E-state index contributed by atoms with van der Waals surface area (Å²) in [5.74, 6) is 0.122. The van der Waals surface area contributed by atoms with Gasteiger partial charge in [-0.25, -0.2) is 14.4 Å². The van der Waals surface area contributed by atoms with Crippen molar-refractivity contribution < 1.29 is 14.2 Å². The van der Waals surface area contributed by atoms with Crippen LogP contribution in [0.3, 0.4) is 0 Å². The van der Waals surface area contributed by atoms with Gasteiger partial charge in [-0.1, -0.05) is 0 Å². The first kappa shape index (κ1) is 15.5. The lowest BCUT2D eigenvalue weighted by Gasteiger charge is -2.11. The molecule has 0 aliphatic heterocycles. The number of ether oxygens (including phenoxy) is 1. The van der Waals surface area contributed by atoms with E-state index in [0.29, 0.717) is 22.7 Å². The van der Waals surface area contributed by atoms with Crippen LogP contribution in [-0.4, -0.2) is 22.2 Å². The lowest BCUT2D eigenvalue weighted by molar-refractivity contribution is 0.411. The van der Waals surface area contributed by atoms with E-state index in [2.05, 4.69) is 15.3 Å². The molecular formula is C17H15FN4O2. The Morgan fingerprint density at radius 2 is 2.00 bits per heavy atom. The number of anilines is 3. The first-order valence-corrected chi connectivity index (χ1v) is 7.09. The van der Waals surface area contributed by atoms with Crippen molar-refractivity contribution in [2.45, 2.75) is 0 Å². The highest BCUT2D eigenvalue weighted by Crippen LogP contribution is 2.32. The highest BCUT2D eigenvalue weighted by Gasteiger charge is 2.10. The third-order valence-electron chi connectivity index (χ3n) is 3.40. The summed E-state index contributed by atoms with van der Waals surface area (Å²) in [5, 5.41) is 13.0. The SMILES string of the molecule is COc1ccc(Nc2ccc(O)c(-c3ccnc(N)n3)c2)c(F)c1. The molecule has 122 valence electrons. The molecule has 2 aromatic carbocycles. The summed E-state index contributed by atoms with van der Waals surface area (Å²) in [6.45, 7) is 0. The van der Waals surface area contributed by atoms with E-state index in [9.17, 15) is 9.50 Å². The molecule has 0 saturated heterocycles. The van der Waals surface area contributed by atoms with Crippen molar-refractivity contribution in [1.82, 2.24) is 9.97 Å². The lowest BCUT2D eigenvalue weighted by Crippen LogP contribution is -1.97. The summed E-state index contributed by atoms with van der Waals surface area (Å²) in [5.41, 5.74) is 7.38. The quantitative estimate of drug-likeness (QED) is 0.637. The maximum Gasteiger partial charge on any atom is 0.220 e. The van der Waals surface area contributed by atoms with Crippen molar-refractivity contribution in [3.8, 4) is 22.8 Å². The Morgan fingerprint density at radius 3 is 2.71 bits per heavy atom. The molecule has 0 amide bonds. The zero-order valence-electron chi connectivity index (χ0n) is 12.8. The Morgan fingerprint density at radius 1 is 1.17 bits per heavy atom. The molecule has 1 heterocycles. The van der Waals surface area contributed by atoms with Crippen LogP contribution in [0.2, 0.25) is 0 Å². The van der Waals surface area contributed by atoms with E-state index in [1.807, 2.05) is 0 Å². The molecule has 0 spiro atoms. The van der Waals surface area contributed by atoms with Gasteiger partial charge in [0.15, 0.2) is 0 Å². The van der Waals surface area contributed by atoms with Crippen LogP contribution in [0.25, 0.3) is 11.3 Å². The minimum absolute atomic E-state index is 0.0360. The number of benzene rings is 2. The first-order chi connectivity index (χ1) is 11.6. The average Bonchev–Trinajstić information content (AvgIpc) is 2.58. The zero-order valence-corrected chi connectivity index (χ0v) is 12.8. The number of aromatic nitrogens is 2. The minimum Gasteiger partial charge on any atom is -0.507 e. The number of methoxy groups -OCH3 is 1. The molecule has 0 fully saturated rings. The van der Waals surface area contributed by atoms with Gasteiger partial charge in [-0.15, -0.1) is 0 Å². The van der Waals surface area contributed by atoms with Crippen LogP contribution >= 0.6 is 0 Å². The van der Waals surface area contributed by atoms with Crippen molar-refractivity contribution in [3.63, 3.8) is 0 Å². The molecular weight excluding hydrogens is 311 g/mol. The number of nitrogens with two attached hydrogens (primary N) is 1.